The molecule has 0 aromatic carbocycles. The molecule has 0 aliphatic rings. The van der Waals surface area contributed by atoms with Crippen LogP contribution in [0.15, 0.2) is 0 Å². The van der Waals surface area contributed by atoms with E-state index in [1.165, 1.54) is 0 Å². The van der Waals surface area contributed by atoms with E-state index < -0.39 is 36.6 Å². The van der Waals surface area contributed by atoms with Crippen molar-refractivity contribution in [1.29, 1.82) is 0 Å². The lowest BCUT2D eigenvalue weighted by Gasteiger charge is -2.26. The van der Waals surface area contributed by atoms with Crippen LogP contribution in [0.5, 0.6) is 0 Å². The Morgan fingerprint density at radius 1 is 1.00 bits per heavy atom. The number of rotatable bonds is 6. The van der Waals surface area contributed by atoms with E-state index in [9.17, 15) is 0 Å². The third kappa shape index (κ3) is 9.06. The predicted molar refractivity (Wildman–Crippen MR) is 67.0 cm³/mol. The minimum atomic E-state index is -1.81. The summed E-state index contributed by atoms with van der Waals surface area (Å²) in [4.78, 5) is 0. The molecule has 0 bridgehead atoms. The van der Waals surface area contributed by atoms with Crippen LogP contribution < -0.4 is 0 Å². The average molecular weight is 255 g/mol. The maximum Gasteiger partial charge on any atom is 0.312 e. The molecule has 0 aromatic rings. The van der Waals surface area contributed by atoms with Crippen molar-refractivity contribution in [3.8, 4) is 0 Å². The molecule has 0 aromatic heterocycles. The fraction of sp³-hybridized carbons (Fsp3) is 1.00. The van der Waals surface area contributed by atoms with E-state index in [-0.39, 0.29) is 0 Å². The summed E-state index contributed by atoms with van der Waals surface area (Å²) in [5, 5.41) is 0. The van der Waals surface area contributed by atoms with Crippen LogP contribution in [-0.4, -0.2) is 36.6 Å². The van der Waals surface area contributed by atoms with Gasteiger partial charge in [0, 0.05) is 0 Å². The van der Waals surface area contributed by atoms with E-state index in [2.05, 4.69) is 39.3 Å². The first-order valence-electron chi connectivity index (χ1n) is 4.77. The van der Waals surface area contributed by atoms with Crippen molar-refractivity contribution in [3.63, 3.8) is 0 Å². The highest BCUT2D eigenvalue weighted by Crippen LogP contribution is 2.07. The SMILES string of the molecule is C[SiH](C)O[SiH2]O[Si](C)(C)O[SiH](C)C. The molecule has 0 spiro atoms. The van der Waals surface area contributed by atoms with Gasteiger partial charge in [-0.05, 0) is 39.3 Å². The Balaban J connectivity index is 3.62. The van der Waals surface area contributed by atoms with Crippen LogP contribution in [0, 0.1) is 0 Å². The van der Waals surface area contributed by atoms with Crippen molar-refractivity contribution in [3.05, 3.63) is 0 Å². The van der Waals surface area contributed by atoms with Gasteiger partial charge in [0.2, 0.25) is 0 Å². The van der Waals surface area contributed by atoms with Crippen molar-refractivity contribution >= 4 is 36.6 Å². The quantitative estimate of drug-likeness (QED) is 0.653. The van der Waals surface area contributed by atoms with Crippen LogP contribution in [0.25, 0.3) is 0 Å². The predicted octanol–water partition coefficient (Wildman–Crippen LogP) is 0.704. The molecule has 0 aliphatic carbocycles. The van der Waals surface area contributed by atoms with E-state index in [4.69, 9.17) is 12.3 Å². The lowest BCUT2D eigenvalue weighted by Crippen LogP contribution is -2.41. The highest BCUT2D eigenvalue weighted by molar-refractivity contribution is 6.76. The molecule has 0 saturated heterocycles. The standard InChI is InChI=1S/C6H22O3Si4/c1-11(2)7-10-8-13(5,6)9-12(3)4/h11-12H,10H2,1-6H3. The molecular weight excluding hydrogens is 232 g/mol. The smallest absolute Gasteiger partial charge is 0.312 e. The Labute approximate surface area is 88.6 Å². The Hall–Kier alpha value is 0.748. The van der Waals surface area contributed by atoms with Gasteiger partial charge in [0.25, 0.3) is 10.0 Å². The van der Waals surface area contributed by atoms with Crippen LogP contribution in [0.2, 0.25) is 39.3 Å². The summed E-state index contributed by atoms with van der Waals surface area (Å²) in [6.45, 7) is 12.9. The molecule has 0 aliphatic heterocycles. The molecule has 0 N–H and O–H groups in total. The number of hydrogen-bond donors (Lipinski definition) is 0. The largest absolute Gasteiger partial charge is 0.444 e. The van der Waals surface area contributed by atoms with Gasteiger partial charge in [-0.3, -0.25) is 0 Å². The summed E-state index contributed by atoms with van der Waals surface area (Å²) in [6.07, 6.45) is 0. The molecule has 3 nitrogen and oxygen atoms in total. The van der Waals surface area contributed by atoms with Gasteiger partial charge < -0.3 is 12.3 Å². The van der Waals surface area contributed by atoms with Crippen molar-refractivity contribution in [2.45, 2.75) is 39.3 Å². The molecule has 7 heteroatoms. The summed E-state index contributed by atoms with van der Waals surface area (Å²) in [5.74, 6) is 0. The van der Waals surface area contributed by atoms with Gasteiger partial charge >= 0.3 is 8.56 Å². The van der Waals surface area contributed by atoms with Crippen LogP contribution in [-0.2, 0) is 12.3 Å². The Morgan fingerprint density at radius 3 is 1.92 bits per heavy atom. The second-order valence-electron chi connectivity index (χ2n) is 4.04. The third-order valence-electron chi connectivity index (χ3n) is 1.33. The van der Waals surface area contributed by atoms with E-state index in [0.717, 1.165) is 0 Å². The third-order valence-corrected chi connectivity index (χ3v) is 11.9. The molecule has 0 fully saturated rings. The topological polar surface area (TPSA) is 27.7 Å². The molecule has 0 unspecified atom stereocenters. The summed E-state index contributed by atoms with van der Waals surface area (Å²) in [7, 11) is -4.40. The summed E-state index contributed by atoms with van der Waals surface area (Å²) in [5.41, 5.74) is 0. The molecule has 0 saturated carbocycles. The summed E-state index contributed by atoms with van der Waals surface area (Å²) in [6, 6.07) is 0. The molecular formula is C6H22O3Si4. The monoisotopic (exact) mass is 254 g/mol. The fourth-order valence-corrected chi connectivity index (χ4v) is 9.45. The molecule has 0 radical (unpaired) electrons. The lowest BCUT2D eigenvalue weighted by molar-refractivity contribution is 0.379. The number of hydrogen-bond acceptors (Lipinski definition) is 3. The second-order valence-corrected chi connectivity index (χ2v) is 14.7. The lowest BCUT2D eigenvalue weighted by atomic mass is 11.9. The Morgan fingerprint density at radius 2 is 1.54 bits per heavy atom. The Bertz CT molecular complexity index is 140. The maximum atomic E-state index is 5.85. The first kappa shape index (κ1) is 13.7. The van der Waals surface area contributed by atoms with Crippen LogP contribution in [0.4, 0.5) is 0 Å². The van der Waals surface area contributed by atoms with E-state index in [0.29, 0.717) is 0 Å². The highest BCUT2D eigenvalue weighted by Gasteiger charge is 2.25. The van der Waals surface area contributed by atoms with Crippen molar-refractivity contribution < 1.29 is 12.3 Å². The van der Waals surface area contributed by atoms with Crippen LogP contribution in [0.3, 0.4) is 0 Å². The average Bonchev–Trinajstić information content (AvgIpc) is 1.81. The van der Waals surface area contributed by atoms with Gasteiger partial charge in [-0.15, -0.1) is 0 Å². The molecule has 80 valence electrons. The summed E-state index contributed by atoms with van der Waals surface area (Å²) >= 11 is 0. The van der Waals surface area contributed by atoms with Crippen molar-refractivity contribution in [2.24, 2.45) is 0 Å². The minimum Gasteiger partial charge on any atom is -0.444 e. The molecule has 0 rings (SSSR count). The fourth-order valence-electron chi connectivity index (χ4n) is 0.914. The van der Waals surface area contributed by atoms with Gasteiger partial charge in [0.15, 0.2) is 18.1 Å². The first-order valence-corrected chi connectivity index (χ1v) is 14.3. The summed E-state index contributed by atoms with van der Waals surface area (Å²) < 4.78 is 17.2. The molecule has 0 atom stereocenters. The van der Waals surface area contributed by atoms with Gasteiger partial charge in [0.1, 0.15) is 0 Å². The molecule has 0 amide bonds. The molecule has 13 heavy (non-hydrogen) atoms. The first-order chi connectivity index (χ1) is 5.83. The zero-order valence-electron chi connectivity index (χ0n) is 9.59. The van der Waals surface area contributed by atoms with Crippen molar-refractivity contribution in [1.82, 2.24) is 0 Å². The minimum absolute atomic E-state index is 0.763. The second kappa shape index (κ2) is 6.27. The van der Waals surface area contributed by atoms with Crippen LogP contribution in [0.1, 0.15) is 0 Å². The molecule has 0 heterocycles. The van der Waals surface area contributed by atoms with E-state index in [1.807, 2.05) is 0 Å². The van der Waals surface area contributed by atoms with Gasteiger partial charge in [-0.25, -0.2) is 0 Å². The normalized spacial score (nSPS) is 13.8. The maximum absolute atomic E-state index is 5.85. The van der Waals surface area contributed by atoms with Gasteiger partial charge in [-0.1, -0.05) is 0 Å². The highest BCUT2D eigenvalue weighted by atomic mass is 28.5. The van der Waals surface area contributed by atoms with E-state index in [1.54, 1.807) is 0 Å². The Kier molecular flexibility index (Phi) is 6.63. The van der Waals surface area contributed by atoms with Crippen molar-refractivity contribution in [2.75, 3.05) is 0 Å². The van der Waals surface area contributed by atoms with Gasteiger partial charge in [0.05, 0.1) is 0 Å². The zero-order chi connectivity index (χ0) is 10.5. The van der Waals surface area contributed by atoms with Crippen LogP contribution >= 0.6 is 0 Å². The van der Waals surface area contributed by atoms with Gasteiger partial charge in [-0.2, -0.15) is 0 Å². The zero-order valence-corrected chi connectivity index (χ0v) is 14.3. The van der Waals surface area contributed by atoms with E-state index >= 15 is 0 Å².